The van der Waals surface area contributed by atoms with Crippen molar-refractivity contribution < 1.29 is 17.6 Å². The number of nitrogens with one attached hydrogen (secondary N) is 1. The number of likely N-dealkylation sites (N-methyl/N-ethyl adjacent to an activating group) is 1. The van der Waals surface area contributed by atoms with E-state index < -0.39 is 15.8 Å². The van der Waals surface area contributed by atoms with Gasteiger partial charge in [0.1, 0.15) is 10.7 Å². The van der Waals surface area contributed by atoms with Crippen LogP contribution < -0.4 is 5.32 Å². The highest BCUT2D eigenvalue weighted by Gasteiger charge is 2.33. The van der Waals surface area contributed by atoms with Gasteiger partial charge in [-0.3, -0.25) is 9.69 Å². The molecule has 0 aromatic heterocycles. The van der Waals surface area contributed by atoms with Crippen molar-refractivity contribution in [3.8, 4) is 0 Å². The van der Waals surface area contributed by atoms with Crippen molar-refractivity contribution in [2.45, 2.75) is 43.5 Å². The van der Waals surface area contributed by atoms with Gasteiger partial charge in [-0.1, -0.05) is 19.1 Å². The minimum Gasteiger partial charge on any atom is -0.354 e. The van der Waals surface area contributed by atoms with Gasteiger partial charge in [0.25, 0.3) is 0 Å². The predicted molar refractivity (Wildman–Crippen MR) is 101 cm³/mol. The van der Waals surface area contributed by atoms with Crippen LogP contribution in [0.5, 0.6) is 0 Å². The molecule has 0 saturated carbocycles. The molecule has 1 aromatic carbocycles. The molecule has 0 spiro atoms. The third kappa shape index (κ3) is 4.50. The second kappa shape index (κ2) is 8.67. The average molecular weight is 398 g/mol. The maximum atomic E-state index is 13.9. The maximum Gasteiger partial charge on any atom is 0.245 e. The highest BCUT2D eigenvalue weighted by atomic mass is 32.2. The van der Waals surface area contributed by atoms with Gasteiger partial charge in [0.05, 0.1) is 0 Å². The zero-order valence-corrected chi connectivity index (χ0v) is 16.5. The summed E-state index contributed by atoms with van der Waals surface area (Å²) in [6.07, 6.45) is 3.19. The Bertz CT molecular complexity index is 763. The Balaban J connectivity index is 1.52. The molecule has 2 fully saturated rings. The van der Waals surface area contributed by atoms with Crippen molar-refractivity contribution in [2.24, 2.45) is 5.92 Å². The van der Waals surface area contributed by atoms with Crippen molar-refractivity contribution in [3.63, 3.8) is 0 Å². The molecule has 8 heteroatoms. The second-order valence-corrected chi connectivity index (χ2v) is 9.18. The van der Waals surface area contributed by atoms with E-state index in [4.69, 9.17) is 0 Å². The van der Waals surface area contributed by atoms with Gasteiger partial charge in [0, 0.05) is 31.6 Å². The van der Waals surface area contributed by atoms with Crippen molar-refractivity contribution >= 4 is 15.9 Å². The van der Waals surface area contributed by atoms with Crippen LogP contribution in [0.3, 0.4) is 0 Å². The number of sulfonamides is 1. The number of halogens is 1. The monoisotopic (exact) mass is 397 g/mol. The highest BCUT2D eigenvalue weighted by molar-refractivity contribution is 7.89. The minimum absolute atomic E-state index is 0.000827. The van der Waals surface area contributed by atoms with Crippen LogP contribution in [-0.4, -0.2) is 62.3 Å². The quantitative estimate of drug-likeness (QED) is 0.795. The summed E-state index contributed by atoms with van der Waals surface area (Å²) >= 11 is 0. The van der Waals surface area contributed by atoms with Gasteiger partial charge in [0.15, 0.2) is 0 Å². The first kappa shape index (κ1) is 20.2. The molecule has 2 aliphatic rings. The van der Waals surface area contributed by atoms with E-state index >= 15 is 0 Å². The van der Waals surface area contributed by atoms with Crippen LogP contribution >= 0.6 is 0 Å². The van der Waals surface area contributed by atoms with Crippen LogP contribution in [0.25, 0.3) is 0 Å². The first-order valence-electron chi connectivity index (χ1n) is 9.70. The number of likely N-dealkylation sites (tertiary alicyclic amines) is 1. The molecule has 3 rings (SSSR count). The van der Waals surface area contributed by atoms with Crippen LogP contribution in [0.1, 0.15) is 32.6 Å². The normalized spacial score (nSPS) is 22.8. The zero-order valence-electron chi connectivity index (χ0n) is 15.7. The van der Waals surface area contributed by atoms with Gasteiger partial charge in [-0.25, -0.2) is 12.8 Å². The Morgan fingerprint density at radius 2 is 1.89 bits per heavy atom. The van der Waals surface area contributed by atoms with E-state index in [9.17, 15) is 17.6 Å². The topological polar surface area (TPSA) is 69.7 Å². The number of hydrogen-bond donors (Lipinski definition) is 1. The summed E-state index contributed by atoms with van der Waals surface area (Å²) in [4.78, 5) is 14.6. The number of nitrogens with zero attached hydrogens (tertiary/aromatic N) is 2. The summed E-state index contributed by atoms with van der Waals surface area (Å²) in [5.74, 6) is -0.927. The fraction of sp³-hybridized carbons (Fsp3) is 0.632. The van der Waals surface area contributed by atoms with E-state index in [-0.39, 0.29) is 29.8 Å². The molecule has 0 bridgehead atoms. The van der Waals surface area contributed by atoms with E-state index in [0.717, 1.165) is 25.6 Å². The molecular weight excluding hydrogens is 369 g/mol. The molecule has 27 heavy (non-hydrogen) atoms. The van der Waals surface area contributed by atoms with E-state index in [0.29, 0.717) is 25.4 Å². The standard InChI is InChI=1S/C19H28FN3O3S/c1-2-22-11-5-6-16(22)14-21-19(24)15-9-12-23(13-10-15)27(25,26)18-8-4-3-7-17(18)20/h3-4,7-8,15-16H,2,5-6,9-14H2,1H3,(H,21,24). The number of carbonyl (C=O) groups is 1. The van der Waals surface area contributed by atoms with Gasteiger partial charge < -0.3 is 5.32 Å². The van der Waals surface area contributed by atoms with E-state index in [2.05, 4.69) is 17.1 Å². The van der Waals surface area contributed by atoms with Crippen LogP contribution in [0.4, 0.5) is 4.39 Å². The lowest BCUT2D eigenvalue weighted by molar-refractivity contribution is -0.126. The maximum absolute atomic E-state index is 13.9. The molecule has 2 heterocycles. The Labute approximate surface area is 160 Å². The van der Waals surface area contributed by atoms with E-state index in [1.807, 2.05) is 0 Å². The molecule has 2 aliphatic heterocycles. The first-order chi connectivity index (χ1) is 12.9. The van der Waals surface area contributed by atoms with Crippen molar-refractivity contribution in [2.75, 3.05) is 32.7 Å². The first-order valence-corrected chi connectivity index (χ1v) is 11.1. The molecule has 2 saturated heterocycles. The summed E-state index contributed by atoms with van der Waals surface area (Å²) in [7, 11) is -3.86. The van der Waals surface area contributed by atoms with Crippen LogP contribution in [0.15, 0.2) is 29.2 Å². The number of hydrogen-bond acceptors (Lipinski definition) is 4. The zero-order chi connectivity index (χ0) is 19.4. The lowest BCUT2D eigenvalue weighted by Gasteiger charge is -2.31. The molecule has 1 unspecified atom stereocenters. The van der Waals surface area contributed by atoms with Gasteiger partial charge in [-0.15, -0.1) is 0 Å². The summed E-state index contributed by atoms with van der Waals surface area (Å²) in [5.41, 5.74) is 0. The molecule has 6 nitrogen and oxygen atoms in total. The molecule has 0 aliphatic carbocycles. The number of rotatable bonds is 6. The molecule has 1 aromatic rings. The fourth-order valence-electron chi connectivity index (χ4n) is 4.06. The van der Waals surface area contributed by atoms with Crippen LogP contribution in [0, 0.1) is 11.7 Å². The molecule has 0 radical (unpaired) electrons. The Morgan fingerprint density at radius 3 is 2.56 bits per heavy atom. The second-order valence-electron chi connectivity index (χ2n) is 7.28. The highest BCUT2D eigenvalue weighted by Crippen LogP contribution is 2.25. The molecular formula is C19H28FN3O3S. The fourth-order valence-corrected chi connectivity index (χ4v) is 5.59. The Morgan fingerprint density at radius 1 is 1.19 bits per heavy atom. The van der Waals surface area contributed by atoms with E-state index in [1.54, 1.807) is 0 Å². The molecule has 1 atom stereocenters. The van der Waals surface area contributed by atoms with Crippen LogP contribution in [-0.2, 0) is 14.8 Å². The van der Waals surface area contributed by atoms with Crippen molar-refractivity contribution in [3.05, 3.63) is 30.1 Å². The van der Waals surface area contributed by atoms with Crippen LogP contribution in [0.2, 0.25) is 0 Å². The van der Waals surface area contributed by atoms with Crippen molar-refractivity contribution in [1.29, 1.82) is 0 Å². The SMILES string of the molecule is CCN1CCCC1CNC(=O)C1CCN(S(=O)(=O)c2ccccc2F)CC1. The van der Waals surface area contributed by atoms with Gasteiger partial charge in [0.2, 0.25) is 15.9 Å². The van der Waals surface area contributed by atoms with Gasteiger partial charge in [-0.2, -0.15) is 4.31 Å². The van der Waals surface area contributed by atoms with Gasteiger partial charge >= 0.3 is 0 Å². The Hall–Kier alpha value is -1.51. The summed E-state index contributed by atoms with van der Waals surface area (Å²) in [5, 5.41) is 3.04. The van der Waals surface area contributed by atoms with E-state index in [1.165, 1.54) is 28.9 Å². The number of piperidine rings is 1. The average Bonchev–Trinajstić information content (AvgIpc) is 3.14. The number of benzene rings is 1. The molecule has 150 valence electrons. The Kier molecular flexibility index (Phi) is 6.49. The lowest BCUT2D eigenvalue weighted by atomic mass is 9.97. The molecule has 1 N–H and O–H groups in total. The van der Waals surface area contributed by atoms with Crippen molar-refractivity contribution in [1.82, 2.24) is 14.5 Å². The third-order valence-corrected chi connectivity index (χ3v) is 7.63. The summed E-state index contributed by atoms with van der Waals surface area (Å²) in [6.45, 7) is 5.33. The number of carbonyl (C=O) groups excluding carboxylic acids is 1. The largest absolute Gasteiger partial charge is 0.354 e. The lowest BCUT2D eigenvalue weighted by Crippen LogP contribution is -2.46. The third-order valence-electron chi connectivity index (χ3n) is 5.70. The smallest absolute Gasteiger partial charge is 0.245 e. The summed E-state index contributed by atoms with van der Waals surface area (Å²) in [6, 6.07) is 5.81. The minimum atomic E-state index is -3.86. The predicted octanol–water partition coefficient (Wildman–Crippen LogP) is 1.83. The van der Waals surface area contributed by atoms with Gasteiger partial charge in [-0.05, 0) is 50.9 Å². The molecule has 1 amide bonds. The number of amides is 1. The summed E-state index contributed by atoms with van der Waals surface area (Å²) < 4.78 is 40.4.